The number of benzene rings is 2. The molecule has 1 heterocycles. The molecule has 0 aliphatic rings. The van der Waals surface area contributed by atoms with Crippen LogP contribution in [0.3, 0.4) is 0 Å². The molecule has 0 unspecified atom stereocenters. The Hall–Kier alpha value is -3.13. The minimum absolute atomic E-state index is 0.00398. The SMILES string of the molecule is CC(=O)NNC(=O)CSc1nc2ccccc2c(=O)n1-c1c(C)cccc1C. The van der Waals surface area contributed by atoms with Crippen LogP contribution in [0.5, 0.6) is 0 Å². The van der Waals surface area contributed by atoms with Gasteiger partial charge in [0.25, 0.3) is 5.56 Å². The van der Waals surface area contributed by atoms with Crippen LogP contribution in [-0.4, -0.2) is 27.1 Å². The fraction of sp³-hybridized carbons (Fsp3) is 0.200. The number of para-hydroxylation sites is 2. The molecule has 144 valence electrons. The summed E-state index contributed by atoms with van der Waals surface area (Å²) in [6.45, 7) is 5.17. The highest BCUT2D eigenvalue weighted by Gasteiger charge is 2.17. The number of hydrogen-bond donors (Lipinski definition) is 2. The van der Waals surface area contributed by atoms with Crippen LogP contribution in [0.25, 0.3) is 16.6 Å². The fourth-order valence-corrected chi connectivity index (χ4v) is 3.69. The number of thioether (sulfide) groups is 1. The van der Waals surface area contributed by atoms with Crippen LogP contribution in [-0.2, 0) is 9.59 Å². The topological polar surface area (TPSA) is 93.1 Å². The summed E-state index contributed by atoms with van der Waals surface area (Å²) in [7, 11) is 0. The Labute approximate surface area is 166 Å². The number of carbonyl (C=O) groups excluding carboxylic acids is 2. The van der Waals surface area contributed by atoms with E-state index in [-0.39, 0.29) is 17.2 Å². The van der Waals surface area contributed by atoms with Gasteiger partial charge in [-0.1, -0.05) is 42.1 Å². The smallest absolute Gasteiger partial charge is 0.266 e. The Balaban J connectivity index is 2.09. The van der Waals surface area contributed by atoms with Gasteiger partial charge < -0.3 is 0 Å². The van der Waals surface area contributed by atoms with E-state index in [9.17, 15) is 14.4 Å². The van der Waals surface area contributed by atoms with Gasteiger partial charge >= 0.3 is 0 Å². The predicted octanol–water partition coefficient (Wildman–Crippen LogP) is 2.26. The average Bonchev–Trinajstić information content (AvgIpc) is 2.66. The Morgan fingerprint density at radius 2 is 1.71 bits per heavy atom. The van der Waals surface area contributed by atoms with Crippen molar-refractivity contribution in [2.45, 2.75) is 25.9 Å². The van der Waals surface area contributed by atoms with Crippen LogP contribution in [0.4, 0.5) is 0 Å². The summed E-state index contributed by atoms with van der Waals surface area (Å²) in [5.41, 5.74) is 7.57. The zero-order valence-electron chi connectivity index (χ0n) is 15.8. The Morgan fingerprint density at radius 3 is 2.39 bits per heavy atom. The molecule has 0 aliphatic heterocycles. The van der Waals surface area contributed by atoms with Crippen LogP contribution in [0.1, 0.15) is 18.1 Å². The maximum atomic E-state index is 13.3. The van der Waals surface area contributed by atoms with E-state index in [0.29, 0.717) is 16.1 Å². The molecule has 8 heteroatoms. The van der Waals surface area contributed by atoms with Crippen molar-refractivity contribution in [2.75, 3.05) is 5.75 Å². The second-order valence-electron chi connectivity index (χ2n) is 6.31. The lowest BCUT2D eigenvalue weighted by Crippen LogP contribution is -2.41. The zero-order chi connectivity index (χ0) is 20.3. The molecule has 2 N–H and O–H groups in total. The van der Waals surface area contributed by atoms with Crippen molar-refractivity contribution in [3.8, 4) is 5.69 Å². The number of fused-ring (bicyclic) bond motifs is 1. The van der Waals surface area contributed by atoms with Crippen molar-refractivity contribution in [2.24, 2.45) is 0 Å². The summed E-state index contributed by atoms with van der Waals surface area (Å²) >= 11 is 1.14. The summed E-state index contributed by atoms with van der Waals surface area (Å²) in [5.74, 6) is -0.763. The molecule has 3 rings (SSSR count). The van der Waals surface area contributed by atoms with Crippen LogP contribution >= 0.6 is 11.8 Å². The zero-order valence-corrected chi connectivity index (χ0v) is 16.6. The molecule has 0 aliphatic carbocycles. The third-order valence-electron chi connectivity index (χ3n) is 4.12. The van der Waals surface area contributed by atoms with E-state index in [4.69, 9.17) is 0 Å². The maximum absolute atomic E-state index is 13.3. The fourth-order valence-electron chi connectivity index (χ4n) is 2.89. The lowest BCUT2D eigenvalue weighted by atomic mass is 10.1. The van der Waals surface area contributed by atoms with E-state index < -0.39 is 5.91 Å². The van der Waals surface area contributed by atoms with Crippen LogP contribution < -0.4 is 16.4 Å². The third-order valence-corrected chi connectivity index (χ3v) is 5.06. The number of aromatic nitrogens is 2. The first kappa shape index (κ1) is 19.6. The Bertz CT molecular complexity index is 1100. The molecule has 2 aromatic carbocycles. The summed E-state index contributed by atoms with van der Waals surface area (Å²) in [4.78, 5) is 40.8. The highest BCUT2D eigenvalue weighted by molar-refractivity contribution is 7.99. The number of nitrogens with zero attached hydrogens (tertiary/aromatic N) is 2. The van der Waals surface area contributed by atoms with Crippen LogP contribution in [0.2, 0.25) is 0 Å². The van der Waals surface area contributed by atoms with Gasteiger partial charge in [0, 0.05) is 6.92 Å². The molecule has 0 radical (unpaired) electrons. The van der Waals surface area contributed by atoms with Gasteiger partial charge in [-0.15, -0.1) is 0 Å². The molecule has 7 nitrogen and oxygen atoms in total. The highest BCUT2D eigenvalue weighted by Crippen LogP contribution is 2.25. The van der Waals surface area contributed by atoms with E-state index in [2.05, 4.69) is 15.8 Å². The number of rotatable bonds is 4. The van der Waals surface area contributed by atoms with Gasteiger partial charge in [-0.2, -0.15) is 0 Å². The van der Waals surface area contributed by atoms with E-state index in [1.54, 1.807) is 22.8 Å². The number of amides is 2. The highest BCUT2D eigenvalue weighted by atomic mass is 32.2. The molecular weight excluding hydrogens is 376 g/mol. The maximum Gasteiger partial charge on any atom is 0.266 e. The van der Waals surface area contributed by atoms with Gasteiger partial charge in [0.2, 0.25) is 11.8 Å². The number of nitrogens with one attached hydrogen (secondary N) is 2. The quantitative estimate of drug-likeness (QED) is 0.401. The molecule has 0 atom stereocenters. The number of aryl methyl sites for hydroxylation is 2. The average molecular weight is 396 g/mol. The van der Waals surface area contributed by atoms with Crippen LogP contribution in [0.15, 0.2) is 52.4 Å². The van der Waals surface area contributed by atoms with E-state index in [1.807, 2.05) is 38.1 Å². The van der Waals surface area contributed by atoms with Gasteiger partial charge in [-0.05, 0) is 37.1 Å². The van der Waals surface area contributed by atoms with Crippen LogP contribution in [0, 0.1) is 13.8 Å². The van der Waals surface area contributed by atoms with Gasteiger partial charge in [0.15, 0.2) is 5.16 Å². The van der Waals surface area contributed by atoms with Gasteiger partial charge in [0.05, 0.1) is 22.3 Å². The minimum atomic E-state index is -0.393. The Kier molecular flexibility index (Phi) is 5.79. The normalized spacial score (nSPS) is 10.7. The van der Waals surface area contributed by atoms with E-state index >= 15 is 0 Å². The first-order chi connectivity index (χ1) is 13.4. The monoisotopic (exact) mass is 396 g/mol. The van der Waals surface area contributed by atoms with Gasteiger partial charge in [0.1, 0.15) is 0 Å². The molecule has 0 saturated heterocycles. The summed E-state index contributed by atoms with van der Waals surface area (Å²) in [5, 5.41) is 0.927. The second kappa shape index (κ2) is 8.26. The van der Waals surface area contributed by atoms with Crippen molar-refractivity contribution >= 4 is 34.5 Å². The summed E-state index contributed by atoms with van der Waals surface area (Å²) in [6.07, 6.45) is 0. The van der Waals surface area contributed by atoms with E-state index in [1.165, 1.54) is 6.92 Å². The van der Waals surface area contributed by atoms with Gasteiger partial charge in [-0.25, -0.2) is 4.98 Å². The summed E-state index contributed by atoms with van der Waals surface area (Å²) in [6, 6.07) is 12.9. The third kappa shape index (κ3) is 4.07. The van der Waals surface area contributed by atoms with Crippen molar-refractivity contribution in [1.82, 2.24) is 20.4 Å². The summed E-state index contributed by atoms with van der Waals surface area (Å²) < 4.78 is 1.56. The minimum Gasteiger partial charge on any atom is -0.274 e. The van der Waals surface area contributed by atoms with Crippen molar-refractivity contribution < 1.29 is 9.59 Å². The molecular formula is C20H20N4O3S. The first-order valence-corrected chi connectivity index (χ1v) is 9.63. The molecule has 0 fully saturated rings. The molecule has 28 heavy (non-hydrogen) atoms. The predicted molar refractivity (Wildman–Crippen MR) is 109 cm³/mol. The molecule has 0 saturated carbocycles. The number of hydrogen-bond acceptors (Lipinski definition) is 5. The largest absolute Gasteiger partial charge is 0.274 e. The standard InChI is InChI=1S/C20H20N4O3S/c1-12-7-6-8-13(2)18(12)24-19(27)15-9-4-5-10-16(15)21-20(24)28-11-17(26)23-22-14(3)25/h4-10H,11H2,1-3H3,(H,22,25)(H,23,26). The van der Waals surface area contributed by atoms with E-state index in [0.717, 1.165) is 28.6 Å². The van der Waals surface area contributed by atoms with Crippen molar-refractivity contribution in [3.63, 3.8) is 0 Å². The lowest BCUT2D eigenvalue weighted by molar-refractivity contribution is -0.126. The molecule has 1 aromatic heterocycles. The number of carbonyl (C=O) groups is 2. The molecule has 3 aromatic rings. The molecule has 0 spiro atoms. The number of hydrazine groups is 1. The van der Waals surface area contributed by atoms with Crippen molar-refractivity contribution in [3.05, 3.63) is 63.9 Å². The van der Waals surface area contributed by atoms with Gasteiger partial charge in [-0.3, -0.25) is 29.8 Å². The molecule has 2 amide bonds. The van der Waals surface area contributed by atoms with Crippen molar-refractivity contribution in [1.29, 1.82) is 0 Å². The first-order valence-electron chi connectivity index (χ1n) is 8.65. The molecule has 0 bridgehead atoms. The second-order valence-corrected chi connectivity index (χ2v) is 7.25. The lowest BCUT2D eigenvalue weighted by Gasteiger charge is -2.17. The Morgan fingerprint density at radius 1 is 1.04 bits per heavy atom.